The van der Waals surface area contributed by atoms with Crippen molar-refractivity contribution in [3.63, 3.8) is 0 Å². The maximum absolute atomic E-state index is 12.9. The third-order valence-electron chi connectivity index (χ3n) is 3.41. The highest BCUT2D eigenvalue weighted by Crippen LogP contribution is 2.21. The normalized spacial score (nSPS) is 17.9. The summed E-state index contributed by atoms with van der Waals surface area (Å²) >= 11 is 0. The second kappa shape index (κ2) is 7.06. The lowest BCUT2D eigenvalue weighted by Gasteiger charge is -2.17. The molecule has 1 aromatic carbocycles. The molecule has 1 aliphatic heterocycles. The third-order valence-corrected chi connectivity index (χ3v) is 3.41. The fourth-order valence-electron chi connectivity index (χ4n) is 2.29. The molecule has 3 amide bonds. The number of anilines is 1. The van der Waals surface area contributed by atoms with E-state index in [4.69, 9.17) is 0 Å². The molecule has 0 radical (unpaired) electrons. The molecule has 5 nitrogen and oxygen atoms in total. The minimum atomic E-state index is -0.338. The van der Waals surface area contributed by atoms with Crippen LogP contribution < -0.4 is 15.5 Å². The average Bonchev–Trinajstić information content (AvgIpc) is 2.80. The molecule has 1 atom stereocenters. The molecule has 1 aliphatic rings. The second-order valence-corrected chi connectivity index (χ2v) is 5.14. The first-order valence-corrected chi connectivity index (χ1v) is 7.20. The fourth-order valence-corrected chi connectivity index (χ4v) is 2.29. The van der Waals surface area contributed by atoms with Crippen LogP contribution in [-0.2, 0) is 4.79 Å². The first kappa shape index (κ1) is 15.3. The smallest absolute Gasteiger partial charge is 0.315 e. The summed E-state index contributed by atoms with van der Waals surface area (Å²) in [7, 11) is 0. The predicted octanol–water partition coefficient (Wildman–Crippen LogP) is 2.03. The number of rotatable bonds is 5. The predicted molar refractivity (Wildman–Crippen MR) is 78.6 cm³/mol. The number of unbranched alkanes of at least 4 members (excludes halogenated alkanes) is 1. The highest BCUT2D eigenvalue weighted by Gasteiger charge is 2.31. The van der Waals surface area contributed by atoms with E-state index in [0.29, 0.717) is 18.8 Å². The standard InChI is InChI=1S/C15H20FN3O2/c1-2-3-8-17-15(21)18-12-9-14(20)19(10-12)13-6-4-11(16)5-7-13/h4-7,12H,2-3,8-10H2,1H3,(H2,17,18,21)/t12-/m1/s1. The molecule has 2 N–H and O–H groups in total. The summed E-state index contributed by atoms with van der Waals surface area (Å²) in [5, 5.41) is 5.55. The van der Waals surface area contributed by atoms with E-state index in [2.05, 4.69) is 17.6 Å². The number of nitrogens with zero attached hydrogens (tertiary/aromatic N) is 1. The van der Waals surface area contributed by atoms with Crippen LogP contribution >= 0.6 is 0 Å². The van der Waals surface area contributed by atoms with Crippen LogP contribution in [0, 0.1) is 5.82 Å². The highest BCUT2D eigenvalue weighted by atomic mass is 19.1. The zero-order valence-corrected chi connectivity index (χ0v) is 12.1. The molecule has 114 valence electrons. The van der Waals surface area contributed by atoms with Gasteiger partial charge in [-0.2, -0.15) is 0 Å². The molecule has 0 saturated carbocycles. The number of nitrogens with one attached hydrogen (secondary N) is 2. The second-order valence-electron chi connectivity index (χ2n) is 5.14. The van der Waals surface area contributed by atoms with E-state index in [0.717, 1.165) is 12.8 Å². The van der Waals surface area contributed by atoms with Gasteiger partial charge in [0.1, 0.15) is 5.82 Å². The minimum Gasteiger partial charge on any atom is -0.338 e. The van der Waals surface area contributed by atoms with Crippen molar-refractivity contribution in [1.29, 1.82) is 0 Å². The molecule has 0 bridgehead atoms. The van der Waals surface area contributed by atoms with E-state index in [1.165, 1.54) is 12.1 Å². The van der Waals surface area contributed by atoms with Crippen LogP contribution in [-0.4, -0.2) is 31.1 Å². The van der Waals surface area contributed by atoms with Gasteiger partial charge in [-0.25, -0.2) is 9.18 Å². The zero-order valence-electron chi connectivity index (χ0n) is 12.1. The average molecular weight is 293 g/mol. The SMILES string of the molecule is CCCCNC(=O)N[C@@H]1CC(=O)N(c2ccc(F)cc2)C1. The Morgan fingerprint density at radius 3 is 2.76 bits per heavy atom. The number of carbonyl (C=O) groups is 2. The quantitative estimate of drug-likeness (QED) is 0.816. The molecule has 0 aliphatic carbocycles. The van der Waals surface area contributed by atoms with Crippen LogP contribution in [0.15, 0.2) is 24.3 Å². The van der Waals surface area contributed by atoms with Crippen molar-refractivity contribution in [3.05, 3.63) is 30.1 Å². The summed E-state index contributed by atoms with van der Waals surface area (Å²) in [6, 6.07) is 5.31. The molecular weight excluding hydrogens is 273 g/mol. The van der Waals surface area contributed by atoms with Gasteiger partial charge in [0.25, 0.3) is 0 Å². The Morgan fingerprint density at radius 1 is 1.38 bits per heavy atom. The van der Waals surface area contributed by atoms with Gasteiger partial charge in [-0.3, -0.25) is 4.79 Å². The monoisotopic (exact) mass is 293 g/mol. The van der Waals surface area contributed by atoms with Crippen LogP contribution in [0.2, 0.25) is 0 Å². The summed E-state index contributed by atoms with van der Waals surface area (Å²) < 4.78 is 12.9. The lowest BCUT2D eigenvalue weighted by molar-refractivity contribution is -0.117. The molecule has 1 heterocycles. The van der Waals surface area contributed by atoms with Gasteiger partial charge in [-0.15, -0.1) is 0 Å². The van der Waals surface area contributed by atoms with Gasteiger partial charge >= 0.3 is 6.03 Å². The topological polar surface area (TPSA) is 61.4 Å². The van der Waals surface area contributed by atoms with Crippen molar-refractivity contribution in [3.8, 4) is 0 Å². The van der Waals surface area contributed by atoms with E-state index in [-0.39, 0.29) is 30.2 Å². The van der Waals surface area contributed by atoms with E-state index in [1.54, 1.807) is 17.0 Å². The Bertz CT molecular complexity index is 504. The van der Waals surface area contributed by atoms with Crippen molar-refractivity contribution in [1.82, 2.24) is 10.6 Å². The Morgan fingerprint density at radius 2 is 2.10 bits per heavy atom. The molecule has 2 rings (SSSR count). The molecule has 0 unspecified atom stereocenters. The van der Waals surface area contributed by atoms with E-state index in [1.807, 2.05) is 0 Å². The van der Waals surface area contributed by atoms with Gasteiger partial charge in [0, 0.05) is 25.2 Å². The highest BCUT2D eigenvalue weighted by molar-refractivity contribution is 5.96. The third kappa shape index (κ3) is 4.18. The van der Waals surface area contributed by atoms with Gasteiger partial charge in [-0.1, -0.05) is 13.3 Å². The maximum atomic E-state index is 12.9. The number of urea groups is 1. The van der Waals surface area contributed by atoms with Crippen LogP contribution in [0.25, 0.3) is 0 Å². The molecule has 6 heteroatoms. The van der Waals surface area contributed by atoms with Crippen molar-refractivity contribution >= 4 is 17.6 Å². The molecule has 1 fully saturated rings. The Labute approximate surface area is 123 Å². The van der Waals surface area contributed by atoms with Crippen LogP contribution in [0.3, 0.4) is 0 Å². The van der Waals surface area contributed by atoms with Gasteiger partial charge in [0.15, 0.2) is 0 Å². The van der Waals surface area contributed by atoms with E-state index in [9.17, 15) is 14.0 Å². The van der Waals surface area contributed by atoms with Crippen molar-refractivity contribution in [2.75, 3.05) is 18.0 Å². The number of amides is 3. The molecule has 1 saturated heterocycles. The Hall–Kier alpha value is -2.11. The van der Waals surface area contributed by atoms with Crippen LogP contribution in [0.4, 0.5) is 14.9 Å². The number of carbonyl (C=O) groups excluding carboxylic acids is 2. The molecular formula is C15H20FN3O2. The lowest BCUT2D eigenvalue weighted by atomic mass is 10.2. The number of benzene rings is 1. The summed E-state index contributed by atoms with van der Waals surface area (Å²) in [6.45, 7) is 3.09. The van der Waals surface area contributed by atoms with Crippen LogP contribution in [0.5, 0.6) is 0 Å². The fraction of sp³-hybridized carbons (Fsp3) is 0.467. The lowest BCUT2D eigenvalue weighted by Crippen LogP contribution is -2.43. The number of hydrogen-bond donors (Lipinski definition) is 2. The minimum absolute atomic E-state index is 0.0690. The van der Waals surface area contributed by atoms with Gasteiger partial charge in [0.05, 0.1) is 6.04 Å². The van der Waals surface area contributed by atoms with Gasteiger partial charge in [0.2, 0.25) is 5.91 Å². The Kier molecular flexibility index (Phi) is 5.14. The summed E-state index contributed by atoms with van der Waals surface area (Å²) in [5.41, 5.74) is 0.650. The van der Waals surface area contributed by atoms with E-state index < -0.39 is 0 Å². The van der Waals surface area contributed by atoms with Gasteiger partial charge in [-0.05, 0) is 30.7 Å². The van der Waals surface area contributed by atoms with Crippen molar-refractivity contribution in [2.24, 2.45) is 0 Å². The van der Waals surface area contributed by atoms with Crippen molar-refractivity contribution in [2.45, 2.75) is 32.2 Å². The Balaban J connectivity index is 1.87. The number of hydrogen-bond acceptors (Lipinski definition) is 2. The largest absolute Gasteiger partial charge is 0.338 e. The maximum Gasteiger partial charge on any atom is 0.315 e. The number of halogens is 1. The van der Waals surface area contributed by atoms with E-state index >= 15 is 0 Å². The summed E-state index contributed by atoms with van der Waals surface area (Å²) in [6.07, 6.45) is 2.21. The molecule has 0 spiro atoms. The molecule has 0 aromatic heterocycles. The molecule has 1 aromatic rings. The first-order valence-electron chi connectivity index (χ1n) is 7.20. The van der Waals surface area contributed by atoms with Crippen molar-refractivity contribution < 1.29 is 14.0 Å². The molecule has 21 heavy (non-hydrogen) atoms. The summed E-state index contributed by atoms with van der Waals surface area (Å²) in [4.78, 5) is 25.2. The first-order chi connectivity index (χ1) is 10.1. The summed E-state index contributed by atoms with van der Waals surface area (Å²) in [5.74, 6) is -0.407. The van der Waals surface area contributed by atoms with Crippen LogP contribution in [0.1, 0.15) is 26.2 Å². The zero-order chi connectivity index (χ0) is 15.2. The van der Waals surface area contributed by atoms with Gasteiger partial charge < -0.3 is 15.5 Å².